The Morgan fingerprint density at radius 3 is 2.42 bits per heavy atom. The minimum atomic E-state index is -1.78. The molecule has 1 saturated heterocycles. The average molecular weight is 464 g/mol. The number of alkyl halides is 1. The fraction of sp³-hybridized carbons (Fsp3) is 0.650. The van der Waals surface area contributed by atoms with Gasteiger partial charge in [0, 0.05) is 21.3 Å². The predicted octanol–water partition coefficient (Wildman–Crippen LogP) is 1.23. The number of benzene rings is 1. The second-order valence-electron chi connectivity index (χ2n) is 6.87. The van der Waals surface area contributed by atoms with Crippen molar-refractivity contribution >= 4 is 17.7 Å². The molecular formula is C20H30ClNO9. The first-order chi connectivity index (χ1) is 15.0. The van der Waals surface area contributed by atoms with E-state index < -0.39 is 36.2 Å². The van der Waals surface area contributed by atoms with Crippen molar-refractivity contribution in [2.75, 3.05) is 47.4 Å². The Morgan fingerprint density at radius 1 is 1.13 bits per heavy atom. The Hall–Kier alpha value is -1.50. The lowest BCUT2D eigenvalue weighted by molar-refractivity contribution is -0.324. The molecule has 1 aromatic rings. The van der Waals surface area contributed by atoms with E-state index in [1.807, 2.05) is 30.3 Å². The number of hydrogen-bond donors (Lipinski definition) is 2. The van der Waals surface area contributed by atoms with Gasteiger partial charge in [0.2, 0.25) is 0 Å². The molecule has 176 valence electrons. The SMILES string of the molecule is COCOC1O[C@H](CCl)[C@@H](OCOC)[C@@](O)(COC)[C@H]1NC(=O)OCc1ccccc1. The number of methoxy groups -OCH3 is 3. The number of halogens is 1. The molecule has 0 bridgehead atoms. The van der Waals surface area contributed by atoms with Gasteiger partial charge in [0.15, 0.2) is 6.29 Å². The zero-order valence-corrected chi connectivity index (χ0v) is 18.6. The molecule has 1 aromatic carbocycles. The first-order valence-corrected chi connectivity index (χ1v) is 10.1. The summed E-state index contributed by atoms with van der Waals surface area (Å²) in [4.78, 5) is 12.5. The monoisotopic (exact) mass is 463 g/mol. The number of nitrogens with one attached hydrogen (secondary N) is 1. The van der Waals surface area contributed by atoms with E-state index in [-0.39, 0.29) is 32.7 Å². The van der Waals surface area contributed by atoms with Gasteiger partial charge in [0.1, 0.15) is 44.0 Å². The third kappa shape index (κ3) is 6.99. The molecule has 1 amide bonds. The van der Waals surface area contributed by atoms with Crippen molar-refractivity contribution in [2.24, 2.45) is 0 Å². The van der Waals surface area contributed by atoms with Crippen molar-refractivity contribution in [3.8, 4) is 0 Å². The van der Waals surface area contributed by atoms with Crippen LogP contribution in [-0.4, -0.2) is 88.7 Å². The number of rotatable bonds is 12. The summed E-state index contributed by atoms with van der Waals surface area (Å²) in [5.41, 5.74) is -0.977. The van der Waals surface area contributed by atoms with Crippen molar-refractivity contribution in [1.82, 2.24) is 5.32 Å². The second-order valence-corrected chi connectivity index (χ2v) is 7.18. The van der Waals surface area contributed by atoms with Crippen LogP contribution >= 0.6 is 11.6 Å². The van der Waals surface area contributed by atoms with Crippen LogP contribution in [0.4, 0.5) is 4.79 Å². The molecule has 10 nitrogen and oxygen atoms in total. The first kappa shape index (κ1) is 25.8. The topological polar surface area (TPSA) is 114 Å². The van der Waals surface area contributed by atoms with E-state index in [0.717, 1.165) is 5.56 Å². The van der Waals surface area contributed by atoms with Crippen LogP contribution < -0.4 is 5.32 Å². The highest BCUT2D eigenvalue weighted by Gasteiger charge is 2.58. The van der Waals surface area contributed by atoms with Crippen LogP contribution in [0.2, 0.25) is 0 Å². The summed E-state index contributed by atoms with van der Waals surface area (Å²) in [6, 6.07) is 8.04. The van der Waals surface area contributed by atoms with E-state index in [2.05, 4.69) is 5.32 Å². The lowest BCUT2D eigenvalue weighted by Crippen LogP contribution is -2.74. The predicted molar refractivity (Wildman–Crippen MR) is 109 cm³/mol. The lowest BCUT2D eigenvalue weighted by atomic mass is 9.83. The van der Waals surface area contributed by atoms with E-state index in [4.69, 9.17) is 44.8 Å². The minimum absolute atomic E-state index is 0.0155. The molecule has 1 fully saturated rings. The van der Waals surface area contributed by atoms with E-state index in [1.165, 1.54) is 21.3 Å². The van der Waals surface area contributed by atoms with Crippen molar-refractivity contribution in [1.29, 1.82) is 0 Å². The van der Waals surface area contributed by atoms with Gasteiger partial charge in [-0.25, -0.2) is 4.79 Å². The Balaban J connectivity index is 2.23. The zero-order valence-electron chi connectivity index (χ0n) is 17.8. The molecule has 0 aromatic heterocycles. The summed E-state index contributed by atoms with van der Waals surface area (Å²) in [5.74, 6) is -0.0155. The zero-order chi connectivity index (χ0) is 22.7. The highest BCUT2D eigenvalue weighted by atomic mass is 35.5. The van der Waals surface area contributed by atoms with Crippen LogP contribution in [0.3, 0.4) is 0 Å². The Kier molecular flexibility index (Phi) is 10.9. The quantitative estimate of drug-likeness (QED) is 0.349. The fourth-order valence-corrected chi connectivity index (χ4v) is 3.56. The highest BCUT2D eigenvalue weighted by molar-refractivity contribution is 6.18. The summed E-state index contributed by atoms with van der Waals surface area (Å²) in [6.07, 6.45) is -3.67. The summed E-state index contributed by atoms with van der Waals surface area (Å²) in [6.45, 7) is -0.457. The van der Waals surface area contributed by atoms with E-state index in [9.17, 15) is 9.90 Å². The maximum Gasteiger partial charge on any atom is 0.407 e. The Labute approximate surface area is 186 Å². The number of amides is 1. The highest BCUT2D eigenvalue weighted by Crippen LogP contribution is 2.34. The maximum absolute atomic E-state index is 12.5. The van der Waals surface area contributed by atoms with Gasteiger partial charge < -0.3 is 43.6 Å². The number of aliphatic hydroxyl groups is 1. The van der Waals surface area contributed by atoms with Gasteiger partial charge in [0.05, 0.1) is 12.5 Å². The van der Waals surface area contributed by atoms with Crippen LogP contribution in [0.15, 0.2) is 30.3 Å². The van der Waals surface area contributed by atoms with E-state index in [1.54, 1.807) is 0 Å². The molecule has 1 aliphatic heterocycles. The van der Waals surface area contributed by atoms with Gasteiger partial charge >= 0.3 is 6.09 Å². The van der Waals surface area contributed by atoms with Crippen molar-refractivity contribution < 1.29 is 43.1 Å². The molecule has 0 saturated carbocycles. The molecule has 2 N–H and O–H groups in total. The maximum atomic E-state index is 12.5. The number of ether oxygens (including phenoxy) is 7. The van der Waals surface area contributed by atoms with Crippen LogP contribution in [0.5, 0.6) is 0 Å². The first-order valence-electron chi connectivity index (χ1n) is 9.61. The van der Waals surface area contributed by atoms with E-state index >= 15 is 0 Å². The molecular weight excluding hydrogens is 434 g/mol. The van der Waals surface area contributed by atoms with Gasteiger partial charge in [-0.3, -0.25) is 0 Å². The normalized spacial score (nSPS) is 28.3. The third-order valence-electron chi connectivity index (χ3n) is 4.68. The lowest BCUT2D eigenvalue weighted by Gasteiger charge is -2.50. The van der Waals surface area contributed by atoms with Gasteiger partial charge in [0.25, 0.3) is 0 Å². The smallest absolute Gasteiger partial charge is 0.407 e. The van der Waals surface area contributed by atoms with Crippen molar-refractivity contribution in [2.45, 2.75) is 36.7 Å². The van der Waals surface area contributed by atoms with Crippen LogP contribution in [-0.2, 0) is 39.8 Å². The summed E-state index contributed by atoms with van der Waals surface area (Å²) in [5, 5.41) is 14.2. The van der Waals surface area contributed by atoms with Gasteiger partial charge in [-0.1, -0.05) is 30.3 Å². The van der Waals surface area contributed by atoms with Crippen molar-refractivity contribution in [3.05, 3.63) is 35.9 Å². The molecule has 2 rings (SSSR count). The standard InChI is InChI=1S/C20H30ClNO9/c1-25-11-20(24)16(22-19(23)28-10-14-7-5-4-6-8-14)18(30-13-27-3)31-15(9-21)17(20)29-12-26-2/h4-8,15-18,24H,9-13H2,1-3H3,(H,22,23)/t15-,16+,17-,18?,20-/m1/s1. The molecule has 1 heterocycles. The molecule has 1 unspecified atom stereocenters. The Bertz CT molecular complexity index is 653. The number of carbonyl (C=O) groups is 1. The molecule has 0 radical (unpaired) electrons. The molecule has 0 spiro atoms. The fourth-order valence-electron chi connectivity index (χ4n) is 3.33. The van der Waals surface area contributed by atoms with Gasteiger partial charge in [-0.05, 0) is 5.56 Å². The van der Waals surface area contributed by atoms with Gasteiger partial charge in [-0.15, -0.1) is 11.6 Å². The van der Waals surface area contributed by atoms with Crippen LogP contribution in [0, 0.1) is 0 Å². The molecule has 5 atom stereocenters. The molecule has 0 aliphatic carbocycles. The van der Waals surface area contributed by atoms with Gasteiger partial charge in [-0.2, -0.15) is 0 Å². The third-order valence-corrected chi connectivity index (χ3v) is 4.98. The largest absolute Gasteiger partial charge is 0.445 e. The molecule has 1 aliphatic rings. The van der Waals surface area contributed by atoms with Crippen LogP contribution in [0.25, 0.3) is 0 Å². The Morgan fingerprint density at radius 2 is 1.81 bits per heavy atom. The number of carbonyl (C=O) groups excluding carboxylic acids is 1. The summed E-state index contributed by atoms with van der Waals surface area (Å²) >= 11 is 6.06. The van der Waals surface area contributed by atoms with Crippen molar-refractivity contribution in [3.63, 3.8) is 0 Å². The average Bonchev–Trinajstić information content (AvgIpc) is 2.78. The minimum Gasteiger partial charge on any atom is -0.445 e. The van der Waals surface area contributed by atoms with Crippen LogP contribution in [0.1, 0.15) is 5.56 Å². The summed E-state index contributed by atoms with van der Waals surface area (Å²) in [7, 11) is 4.28. The van der Waals surface area contributed by atoms with E-state index in [0.29, 0.717) is 0 Å². The second kappa shape index (κ2) is 13.1. The molecule has 11 heteroatoms. The molecule has 31 heavy (non-hydrogen) atoms. The number of alkyl carbamates (subject to hydrolysis) is 1. The number of hydrogen-bond acceptors (Lipinski definition) is 9. The summed E-state index contributed by atoms with van der Waals surface area (Å²) < 4.78 is 37.5.